The first-order chi connectivity index (χ1) is 8.27. The van der Waals surface area contributed by atoms with Crippen molar-refractivity contribution in [3.05, 3.63) is 71.8 Å². The van der Waals surface area contributed by atoms with Gasteiger partial charge in [-0.2, -0.15) is 0 Å². The third kappa shape index (κ3) is 3.55. The molecule has 2 aromatic rings. The molecule has 0 aliphatic rings. The number of esters is 2. The van der Waals surface area contributed by atoms with E-state index < -0.39 is 11.9 Å². The van der Waals surface area contributed by atoms with Crippen molar-refractivity contribution in [3.8, 4) is 0 Å². The van der Waals surface area contributed by atoms with Gasteiger partial charge in [0.05, 0.1) is 11.1 Å². The largest absolute Gasteiger partial charge is 0.386 e. The molecule has 0 aliphatic heterocycles. The molecule has 0 unspecified atom stereocenters. The zero-order chi connectivity index (χ0) is 12.1. The predicted octanol–water partition coefficient (Wildman–Crippen LogP) is 2.68. The van der Waals surface area contributed by atoms with Crippen LogP contribution in [0.15, 0.2) is 60.7 Å². The standard InChI is InChI=1S/C14H10O3.Cu/c15-13(11-7-3-1-4-8-11)17-14(16)12-9-5-2-6-10-12;/h1-10H;. The van der Waals surface area contributed by atoms with Gasteiger partial charge in [-0.3, -0.25) is 0 Å². The quantitative estimate of drug-likeness (QED) is 0.485. The van der Waals surface area contributed by atoms with Crippen molar-refractivity contribution in [1.29, 1.82) is 0 Å². The number of carbonyl (C=O) groups excluding carboxylic acids is 2. The Morgan fingerprint density at radius 1 is 0.667 bits per heavy atom. The first-order valence-electron chi connectivity index (χ1n) is 5.14. The molecule has 0 aliphatic carbocycles. The predicted molar refractivity (Wildman–Crippen MR) is 62.6 cm³/mol. The second-order valence-electron chi connectivity index (χ2n) is 3.41. The van der Waals surface area contributed by atoms with Crippen LogP contribution in [0.4, 0.5) is 0 Å². The Hall–Kier alpha value is -1.90. The van der Waals surface area contributed by atoms with E-state index in [0.29, 0.717) is 11.1 Å². The summed E-state index contributed by atoms with van der Waals surface area (Å²) in [4.78, 5) is 23.2. The third-order valence-electron chi connectivity index (χ3n) is 2.20. The van der Waals surface area contributed by atoms with E-state index in [9.17, 15) is 9.59 Å². The second-order valence-corrected chi connectivity index (χ2v) is 3.41. The van der Waals surface area contributed by atoms with Crippen LogP contribution in [0.1, 0.15) is 20.7 Å². The van der Waals surface area contributed by atoms with Crippen molar-refractivity contribution in [2.24, 2.45) is 0 Å². The third-order valence-corrected chi connectivity index (χ3v) is 2.20. The van der Waals surface area contributed by atoms with Gasteiger partial charge in [0.15, 0.2) is 0 Å². The Kier molecular flexibility index (Phi) is 5.30. The van der Waals surface area contributed by atoms with E-state index in [0.717, 1.165) is 0 Å². The molecule has 2 rings (SSSR count). The molecular formula is C14H10CuO3. The Balaban J connectivity index is 0.00000162. The number of hydrogen-bond acceptors (Lipinski definition) is 3. The fourth-order valence-corrected chi connectivity index (χ4v) is 1.35. The first-order valence-corrected chi connectivity index (χ1v) is 5.14. The zero-order valence-electron chi connectivity index (χ0n) is 9.30. The summed E-state index contributed by atoms with van der Waals surface area (Å²) >= 11 is 0. The van der Waals surface area contributed by atoms with Gasteiger partial charge in [0.1, 0.15) is 0 Å². The fourth-order valence-electron chi connectivity index (χ4n) is 1.35. The molecule has 2 aromatic carbocycles. The van der Waals surface area contributed by atoms with Gasteiger partial charge in [0.2, 0.25) is 0 Å². The summed E-state index contributed by atoms with van der Waals surface area (Å²) in [5.74, 6) is -1.28. The smallest absolute Gasteiger partial charge is 0.346 e. The van der Waals surface area contributed by atoms with E-state index in [1.54, 1.807) is 60.7 Å². The fraction of sp³-hybridized carbons (Fsp3) is 0. The molecule has 4 heteroatoms. The SMILES string of the molecule is O=C(OC(=O)c1ccccc1)c1ccccc1.[Cu]. The molecule has 18 heavy (non-hydrogen) atoms. The maximum Gasteiger partial charge on any atom is 0.346 e. The second kappa shape index (κ2) is 6.74. The molecule has 0 amide bonds. The van der Waals surface area contributed by atoms with Gasteiger partial charge in [-0.05, 0) is 24.3 Å². The number of carbonyl (C=O) groups is 2. The van der Waals surface area contributed by atoms with Crippen molar-refractivity contribution in [2.45, 2.75) is 0 Å². The molecule has 95 valence electrons. The first kappa shape index (κ1) is 14.2. The van der Waals surface area contributed by atoms with Gasteiger partial charge in [0, 0.05) is 17.1 Å². The number of ether oxygens (including phenoxy) is 1. The Labute approximate surface area is 115 Å². The molecule has 0 heterocycles. The van der Waals surface area contributed by atoms with Crippen LogP contribution in [0, 0.1) is 0 Å². The number of hydrogen-bond donors (Lipinski definition) is 0. The Morgan fingerprint density at radius 2 is 1.00 bits per heavy atom. The maximum absolute atomic E-state index is 11.6. The van der Waals surface area contributed by atoms with Crippen molar-refractivity contribution >= 4 is 11.9 Å². The van der Waals surface area contributed by atoms with Crippen LogP contribution in [0.3, 0.4) is 0 Å². The van der Waals surface area contributed by atoms with E-state index >= 15 is 0 Å². The maximum atomic E-state index is 11.6. The molecule has 0 saturated heterocycles. The van der Waals surface area contributed by atoms with Crippen LogP contribution in [0.25, 0.3) is 0 Å². The summed E-state index contributed by atoms with van der Waals surface area (Å²) in [6.07, 6.45) is 0. The van der Waals surface area contributed by atoms with Crippen molar-refractivity contribution < 1.29 is 31.4 Å². The van der Waals surface area contributed by atoms with Crippen LogP contribution in [-0.4, -0.2) is 11.9 Å². The summed E-state index contributed by atoms with van der Waals surface area (Å²) in [5.41, 5.74) is 0.716. The molecule has 0 saturated carbocycles. The van der Waals surface area contributed by atoms with Crippen molar-refractivity contribution in [3.63, 3.8) is 0 Å². The van der Waals surface area contributed by atoms with Gasteiger partial charge in [0.25, 0.3) is 0 Å². The number of benzene rings is 2. The topological polar surface area (TPSA) is 43.4 Å². The van der Waals surface area contributed by atoms with Crippen molar-refractivity contribution in [1.82, 2.24) is 0 Å². The summed E-state index contributed by atoms with van der Waals surface area (Å²) < 4.78 is 4.74. The van der Waals surface area contributed by atoms with E-state index in [2.05, 4.69) is 0 Å². The molecule has 0 bridgehead atoms. The van der Waals surface area contributed by atoms with Crippen LogP contribution >= 0.6 is 0 Å². The zero-order valence-corrected chi connectivity index (χ0v) is 10.2. The van der Waals surface area contributed by atoms with E-state index in [1.165, 1.54) is 0 Å². The van der Waals surface area contributed by atoms with Crippen LogP contribution in [0.5, 0.6) is 0 Å². The van der Waals surface area contributed by atoms with Crippen LogP contribution in [-0.2, 0) is 21.8 Å². The molecule has 0 N–H and O–H groups in total. The Morgan fingerprint density at radius 3 is 1.33 bits per heavy atom. The van der Waals surface area contributed by atoms with Gasteiger partial charge in [-0.25, -0.2) is 9.59 Å². The molecule has 1 radical (unpaired) electrons. The molecule has 0 fully saturated rings. The Bertz CT molecular complexity index is 474. The summed E-state index contributed by atoms with van der Waals surface area (Å²) in [5, 5.41) is 0. The average Bonchev–Trinajstić information content (AvgIpc) is 2.40. The van der Waals surface area contributed by atoms with Crippen molar-refractivity contribution in [2.75, 3.05) is 0 Å². The van der Waals surface area contributed by atoms with E-state index in [4.69, 9.17) is 4.74 Å². The minimum Gasteiger partial charge on any atom is -0.386 e. The van der Waals surface area contributed by atoms with Gasteiger partial charge in [-0.15, -0.1) is 0 Å². The van der Waals surface area contributed by atoms with Crippen LogP contribution < -0.4 is 0 Å². The normalized spacial score (nSPS) is 9.11. The minimum absolute atomic E-state index is 0. The molecule has 0 aromatic heterocycles. The summed E-state index contributed by atoms with van der Waals surface area (Å²) in [7, 11) is 0. The van der Waals surface area contributed by atoms with E-state index in [1.807, 2.05) is 0 Å². The average molecular weight is 290 g/mol. The van der Waals surface area contributed by atoms with Gasteiger partial charge >= 0.3 is 11.9 Å². The summed E-state index contributed by atoms with van der Waals surface area (Å²) in [6, 6.07) is 16.8. The monoisotopic (exact) mass is 289 g/mol. The number of rotatable bonds is 2. The van der Waals surface area contributed by atoms with Gasteiger partial charge in [-0.1, -0.05) is 36.4 Å². The molecule has 3 nitrogen and oxygen atoms in total. The minimum atomic E-state index is -0.639. The van der Waals surface area contributed by atoms with Gasteiger partial charge < -0.3 is 4.74 Å². The van der Waals surface area contributed by atoms with Crippen LogP contribution in [0.2, 0.25) is 0 Å². The summed E-state index contributed by atoms with van der Waals surface area (Å²) in [6.45, 7) is 0. The van der Waals surface area contributed by atoms with E-state index in [-0.39, 0.29) is 17.1 Å². The molecule has 0 atom stereocenters. The molecular weight excluding hydrogens is 280 g/mol. The molecule has 0 spiro atoms.